The molecule has 0 bridgehead atoms. The van der Waals surface area contributed by atoms with E-state index in [1.807, 2.05) is 36.4 Å². The fourth-order valence-electron chi connectivity index (χ4n) is 3.63. The average molecular weight is 350 g/mol. The molecule has 0 amide bonds. The Hall–Kier alpha value is -2.35. The zero-order valence-corrected chi connectivity index (χ0v) is 15.1. The smallest absolute Gasteiger partial charge is 0.119 e. The summed E-state index contributed by atoms with van der Waals surface area (Å²) >= 11 is 0. The number of rotatable bonds is 7. The van der Waals surface area contributed by atoms with Crippen LogP contribution in [0.3, 0.4) is 0 Å². The van der Waals surface area contributed by atoms with Crippen molar-refractivity contribution in [2.24, 2.45) is 0 Å². The zero-order chi connectivity index (χ0) is 18.2. The minimum Gasteiger partial charge on any atom is -0.492 e. The Morgan fingerprint density at radius 1 is 1.08 bits per heavy atom. The lowest BCUT2D eigenvalue weighted by molar-refractivity contribution is 0.172. The van der Waals surface area contributed by atoms with E-state index in [1.165, 1.54) is 5.56 Å². The molecular formula is C22H26N2O2. The number of hydrogen-bond donors (Lipinski definition) is 1. The van der Waals surface area contributed by atoms with E-state index in [2.05, 4.69) is 23.1 Å². The van der Waals surface area contributed by atoms with E-state index in [0.29, 0.717) is 18.9 Å². The molecule has 0 atom stereocenters. The maximum absolute atomic E-state index is 9.53. The van der Waals surface area contributed by atoms with Gasteiger partial charge in [-0.05, 0) is 60.7 Å². The van der Waals surface area contributed by atoms with E-state index in [9.17, 15) is 5.11 Å². The summed E-state index contributed by atoms with van der Waals surface area (Å²) in [6, 6.07) is 18.2. The Morgan fingerprint density at radius 2 is 1.81 bits per heavy atom. The summed E-state index contributed by atoms with van der Waals surface area (Å²) in [7, 11) is 0. The van der Waals surface area contributed by atoms with E-state index < -0.39 is 0 Å². The van der Waals surface area contributed by atoms with Gasteiger partial charge in [-0.2, -0.15) is 5.26 Å². The summed E-state index contributed by atoms with van der Waals surface area (Å²) in [6.07, 6.45) is 2.69. The van der Waals surface area contributed by atoms with Crippen LogP contribution in [0.4, 0.5) is 0 Å². The second-order valence-corrected chi connectivity index (χ2v) is 6.80. The fourth-order valence-corrected chi connectivity index (χ4v) is 3.63. The topological polar surface area (TPSA) is 56.5 Å². The van der Waals surface area contributed by atoms with Crippen LogP contribution in [0.15, 0.2) is 48.5 Å². The normalized spacial score (nSPS) is 15.5. The summed E-state index contributed by atoms with van der Waals surface area (Å²) in [5.74, 6) is 1.40. The fraction of sp³-hybridized carbons (Fsp3) is 0.409. The first-order valence-electron chi connectivity index (χ1n) is 9.30. The standard InChI is InChI=1S/C22H26N2O2/c23-12-9-18-5-7-21(8-6-18)26-16-15-24-13-10-19(11-14-24)22-4-2-1-3-20(22)17-25/h1-8,19,25H,9-11,13-17H2. The molecule has 2 aromatic rings. The molecule has 136 valence electrons. The van der Waals surface area contributed by atoms with Gasteiger partial charge in [0, 0.05) is 6.54 Å². The highest BCUT2D eigenvalue weighted by molar-refractivity contribution is 5.30. The first-order valence-corrected chi connectivity index (χ1v) is 9.30. The molecule has 1 saturated heterocycles. The molecule has 2 aromatic carbocycles. The Morgan fingerprint density at radius 3 is 2.50 bits per heavy atom. The minimum absolute atomic E-state index is 0.122. The Balaban J connectivity index is 1.42. The summed E-state index contributed by atoms with van der Waals surface area (Å²) < 4.78 is 5.83. The van der Waals surface area contributed by atoms with Gasteiger partial charge in [0.2, 0.25) is 0 Å². The predicted molar refractivity (Wildman–Crippen MR) is 102 cm³/mol. The van der Waals surface area contributed by atoms with Crippen LogP contribution in [0.25, 0.3) is 0 Å². The molecule has 0 aromatic heterocycles. The van der Waals surface area contributed by atoms with Gasteiger partial charge < -0.3 is 9.84 Å². The second kappa shape index (κ2) is 9.38. The minimum atomic E-state index is 0.122. The largest absolute Gasteiger partial charge is 0.492 e. The number of nitriles is 1. The van der Waals surface area contributed by atoms with E-state index in [-0.39, 0.29) is 6.61 Å². The van der Waals surface area contributed by atoms with Crippen molar-refractivity contribution in [2.75, 3.05) is 26.2 Å². The molecule has 3 rings (SSSR count). The Bertz CT molecular complexity index is 729. The maximum atomic E-state index is 9.53. The molecule has 0 radical (unpaired) electrons. The molecule has 0 spiro atoms. The summed E-state index contributed by atoms with van der Waals surface area (Å²) in [5.41, 5.74) is 3.39. The van der Waals surface area contributed by atoms with Gasteiger partial charge in [-0.25, -0.2) is 0 Å². The number of aliphatic hydroxyl groups is 1. The number of ether oxygens (including phenoxy) is 1. The molecule has 1 aliphatic heterocycles. The SMILES string of the molecule is N#CCc1ccc(OCCN2CCC(c3ccccc3CO)CC2)cc1. The van der Waals surface area contributed by atoms with Crippen LogP contribution in [0, 0.1) is 11.3 Å². The highest BCUT2D eigenvalue weighted by atomic mass is 16.5. The van der Waals surface area contributed by atoms with Crippen molar-refractivity contribution in [3.63, 3.8) is 0 Å². The Labute approximate surface area is 155 Å². The van der Waals surface area contributed by atoms with Crippen LogP contribution in [-0.4, -0.2) is 36.2 Å². The molecule has 26 heavy (non-hydrogen) atoms. The molecule has 4 heteroatoms. The van der Waals surface area contributed by atoms with Gasteiger partial charge in [-0.15, -0.1) is 0 Å². The van der Waals surface area contributed by atoms with Gasteiger partial charge >= 0.3 is 0 Å². The second-order valence-electron chi connectivity index (χ2n) is 6.80. The van der Waals surface area contributed by atoms with Gasteiger partial charge in [0.05, 0.1) is 19.1 Å². The third-order valence-electron chi connectivity index (χ3n) is 5.14. The van der Waals surface area contributed by atoms with Crippen molar-refractivity contribution in [2.45, 2.75) is 31.8 Å². The van der Waals surface area contributed by atoms with Crippen LogP contribution >= 0.6 is 0 Å². The number of aliphatic hydroxyl groups excluding tert-OH is 1. The molecule has 0 saturated carbocycles. The Kier molecular flexibility index (Phi) is 6.65. The lowest BCUT2D eigenvalue weighted by Gasteiger charge is -2.32. The first kappa shape index (κ1) is 18.4. The van der Waals surface area contributed by atoms with Crippen molar-refractivity contribution in [1.29, 1.82) is 5.26 Å². The van der Waals surface area contributed by atoms with E-state index in [1.54, 1.807) is 0 Å². The molecule has 1 fully saturated rings. The van der Waals surface area contributed by atoms with Gasteiger partial charge in [-0.3, -0.25) is 4.90 Å². The number of piperidine rings is 1. The lowest BCUT2D eigenvalue weighted by atomic mass is 9.86. The van der Waals surface area contributed by atoms with Crippen molar-refractivity contribution < 1.29 is 9.84 Å². The molecule has 4 nitrogen and oxygen atoms in total. The monoisotopic (exact) mass is 350 g/mol. The van der Waals surface area contributed by atoms with E-state index in [4.69, 9.17) is 10.00 Å². The molecule has 0 unspecified atom stereocenters. The average Bonchev–Trinajstić information content (AvgIpc) is 2.70. The van der Waals surface area contributed by atoms with E-state index in [0.717, 1.165) is 49.4 Å². The molecule has 0 aliphatic carbocycles. The quantitative estimate of drug-likeness (QED) is 0.830. The lowest BCUT2D eigenvalue weighted by Crippen LogP contribution is -2.36. The number of likely N-dealkylation sites (tertiary alicyclic amines) is 1. The highest BCUT2D eigenvalue weighted by Crippen LogP contribution is 2.30. The van der Waals surface area contributed by atoms with Gasteiger partial charge in [0.15, 0.2) is 0 Å². The summed E-state index contributed by atoms with van der Waals surface area (Å²) in [4.78, 5) is 2.45. The van der Waals surface area contributed by atoms with Crippen LogP contribution in [0.5, 0.6) is 5.75 Å². The molecule has 1 N–H and O–H groups in total. The van der Waals surface area contributed by atoms with Gasteiger partial charge in [0.25, 0.3) is 0 Å². The van der Waals surface area contributed by atoms with E-state index >= 15 is 0 Å². The van der Waals surface area contributed by atoms with Crippen molar-refractivity contribution >= 4 is 0 Å². The van der Waals surface area contributed by atoms with Crippen molar-refractivity contribution in [3.05, 3.63) is 65.2 Å². The van der Waals surface area contributed by atoms with Gasteiger partial charge in [0.1, 0.15) is 12.4 Å². The first-order chi connectivity index (χ1) is 12.8. The van der Waals surface area contributed by atoms with Crippen LogP contribution < -0.4 is 4.74 Å². The van der Waals surface area contributed by atoms with Crippen molar-refractivity contribution in [1.82, 2.24) is 4.90 Å². The number of nitrogens with zero attached hydrogens (tertiary/aromatic N) is 2. The van der Waals surface area contributed by atoms with Crippen LogP contribution in [0.1, 0.15) is 35.4 Å². The summed E-state index contributed by atoms with van der Waals surface area (Å²) in [5, 5.41) is 18.2. The summed E-state index contributed by atoms with van der Waals surface area (Å²) in [6.45, 7) is 3.85. The maximum Gasteiger partial charge on any atom is 0.119 e. The third-order valence-corrected chi connectivity index (χ3v) is 5.14. The molecule has 1 heterocycles. The number of benzene rings is 2. The number of hydrogen-bond acceptors (Lipinski definition) is 4. The molecular weight excluding hydrogens is 324 g/mol. The highest BCUT2D eigenvalue weighted by Gasteiger charge is 2.22. The predicted octanol–water partition coefficient (Wildman–Crippen LogP) is 3.50. The van der Waals surface area contributed by atoms with Gasteiger partial charge in [-0.1, -0.05) is 36.4 Å². The van der Waals surface area contributed by atoms with Crippen LogP contribution in [0.2, 0.25) is 0 Å². The molecule has 1 aliphatic rings. The van der Waals surface area contributed by atoms with Crippen LogP contribution in [-0.2, 0) is 13.0 Å². The third kappa shape index (κ3) is 4.85. The van der Waals surface area contributed by atoms with Crippen molar-refractivity contribution in [3.8, 4) is 11.8 Å². The zero-order valence-electron chi connectivity index (χ0n) is 15.1.